The number of esters is 1. The minimum absolute atomic E-state index is 0.171. The molecule has 2 aliphatic rings. The highest BCUT2D eigenvalue weighted by Gasteiger charge is 2.34. The number of ether oxygens (including phenoxy) is 1. The van der Waals surface area contributed by atoms with Crippen LogP contribution in [0, 0.1) is 5.92 Å². The van der Waals surface area contributed by atoms with E-state index < -0.39 is 0 Å². The van der Waals surface area contributed by atoms with Gasteiger partial charge in [0.1, 0.15) is 15.8 Å². The van der Waals surface area contributed by atoms with E-state index >= 15 is 0 Å². The van der Waals surface area contributed by atoms with Gasteiger partial charge < -0.3 is 9.64 Å². The molecule has 5 rings (SSSR count). The topological polar surface area (TPSA) is 84.2 Å². The Morgan fingerprint density at radius 2 is 1.86 bits per heavy atom. The van der Waals surface area contributed by atoms with Crippen molar-refractivity contribution in [1.82, 2.24) is 14.3 Å². The third-order valence-electron chi connectivity index (χ3n) is 6.50. The van der Waals surface area contributed by atoms with Crippen LogP contribution in [-0.2, 0) is 20.9 Å². The molecule has 0 N–H and O–H groups in total. The third-order valence-corrected chi connectivity index (χ3v) is 7.87. The van der Waals surface area contributed by atoms with E-state index in [1.807, 2.05) is 41.3 Å². The molecule has 190 valence electrons. The number of fused-ring (bicyclic) bond motifs is 1. The van der Waals surface area contributed by atoms with Crippen molar-refractivity contribution < 1.29 is 14.3 Å². The molecule has 0 atom stereocenters. The lowest BCUT2D eigenvalue weighted by Gasteiger charge is -2.32. The van der Waals surface area contributed by atoms with Crippen LogP contribution in [0.15, 0.2) is 64.4 Å². The fourth-order valence-corrected chi connectivity index (χ4v) is 5.82. The Morgan fingerprint density at radius 3 is 2.59 bits per heavy atom. The standard InChI is InChI=1S/C27H26N4O4S2/c1-2-35-26(34)19-11-14-29(15-12-19)23-20(24(32)30-13-7-6-10-22(30)28-23)16-21-25(33)31(27(36)37-21)17-18-8-4-3-5-9-18/h3-10,13,16,19H,2,11-12,14-15,17H2,1H3/b21-16-. The van der Waals surface area contributed by atoms with E-state index in [4.69, 9.17) is 21.9 Å². The van der Waals surface area contributed by atoms with Gasteiger partial charge in [0.15, 0.2) is 0 Å². The summed E-state index contributed by atoms with van der Waals surface area (Å²) in [5.74, 6) is -0.0818. The first-order chi connectivity index (χ1) is 18.0. The number of hydrogen-bond acceptors (Lipinski definition) is 8. The first kappa shape index (κ1) is 25.2. The van der Waals surface area contributed by atoms with Crippen LogP contribution in [-0.4, -0.2) is 50.2 Å². The van der Waals surface area contributed by atoms with Crippen molar-refractivity contribution >= 4 is 57.7 Å². The van der Waals surface area contributed by atoms with Crippen LogP contribution < -0.4 is 10.5 Å². The third kappa shape index (κ3) is 5.17. The Bertz CT molecular complexity index is 1450. The van der Waals surface area contributed by atoms with Crippen LogP contribution in [0.4, 0.5) is 5.82 Å². The van der Waals surface area contributed by atoms with Crippen molar-refractivity contribution in [1.29, 1.82) is 0 Å². The van der Waals surface area contributed by atoms with E-state index in [0.29, 0.717) is 65.3 Å². The summed E-state index contributed by atoms with van der Waals surface area (Å²) in [6.07, 6.45) is 4.49. The molecule has 10 heteroatoms. The van der Waals surface area contributed by atoms with Crippen molar-refractivity contribution in [3.05, 3.63) is 81.1 Å². The quantitative estimate of drug-likeness (QED) is 0.268. The van der Waals surface area contributed by atoms with Gasteiger partial charge in [0.25, 0.3) is 11.5 Å². The molecule has 4 heterocycles. The molecule has 0 aliphatic carbocycles. The number of anilines is 1. The molecular formula is C27H26N4O4S2. The highest BCUT2D eigenvalue weighted by atomic mass is 32.2. The predicted molar refractivity (Wildman–Crippen MR) is 148 cm³/mol. The number of aromatic nitrogens is 2. The average Bonchev–Trinajstić information content (AvgIpc) is 3.18. The smallest absolute Gasteiger partial charge is 0.309 e. The summed E-state index contributed by atoms with van der Waals surface area (Å²) in [6, 6.07) is 15.0. The average molecular weight is 535 g/mol. The summed E-state index contributed by atoms with van der Waals surface area (Å²) in [4.78, 5) is 47.9. The zero-order valence-corrected chi connectivity index (χ0v) is 22.0. The summed E-state index contributed by atoms with van der Waals surface area (Å²) < 4.78 is 7.12. The van der Waals surface area contributed by atoms with Crippen LogP contribution in [0.25, 0.3) is 11.7 Å². The van der Waals surface area contributed by atoms with Crippen LogP contribution in [0.3, 0.4) is 0 Å². The number of benzene rings is 1. The molecule has 1 aromatic carbocycles. The van der Waals surface area contributed by atoms with Crippen LogP contribution in [0.2, 0.25) is 0 Å². The summed E-state index contributed by atoms with van der Waals surface area (Å²) in [5.41, 5.74) is 1.56. The lowest BCUT2D eigenvalue weighted by molar-refractivity contribution is -0.148. The van der Waals surface area contributed by atoms with Gasteiger partial charge in [-0.1, -0.05) is 60.4 Å². The molecule has 8 nitrogen and oxygen atoms in total. The second-order valence-corrected chi connectivity index (χ2v) is 10.5. The Kier molecular flexibility index (Phi) is 7.38. The van der Waals surface area contributed by atoms with E-state index in [9.17, 15) is 14.4 Å². The SMILES string of the molecule is CCOC(=O)C1CCN(c2nc3ccccn3c(=O)c2/C=C2\SC(=S)N(Cc3ccccc3)C2=O)CC1. The molecule has 0 unspecified atom stereocenters. The molecule has 0 spiro atoms. The molecule has 0 saturated carbocycles. The van der Waals surface area contributed by atoms with E-state index in [0.717, 1.165) is 5.56 Å². The molecule has 2 aliphatic heterocycles. The van der Waals surface area contributed by atoms with Crippen molar-refractivity contribution in [2.24, 2.45) is 5.92 Å². The highest BCUT2D eigenvalue weighted by molar-refractivity contribution is 8.26. The summed E-state index contributed by atoms with van der Waals surface area (Å²) in [6.45, 7) is 3.62. The van der Waals surface area contributed by atoms with Gasteiger partial charge in [0.2, 0.25) is 0 Å². The number of thiocarbonyl (C=S) groups is 1. The van der Waals surface area contributed by atoms with Crippen molar-refractivity contribution in [2.45, 2.75) is 26.3 Å². The van der Waals surface area contributed by atoms with Crippen molar-refractivity contribution in [3.8, 4) is 0 Å². The zero-order valence-electron chi connectivity index (χ0n) is 20.3. The van der Waals surface area contributed by atoms with Gasteiger partial charge in [-0.2, -0.15) is 0 Å². The molecule has 1 amide bonds. The molecule has 37 heavy (non-hydrogen) atoms. The second kappa shape index (κ2) is 10.9. The summed E-state index contributed by atoms with van der Waals surface area (Å²) in [7, 11) is 0. The number of rotatable bonds is 6. The molecule has 2 fully saturated rings. The van der Waals surface area contributed by atoms with Gasteiger partial charge >= 0.3 is 5.97 Å². The van der Waals surface area contributed by atoms with Crippen LogP contribution >= 0.6 is 24.0 Å². The van der Waals surface area contributed by atoms with Crippen molar-refractivity contribution in [2.75, 3.05) is 24.6 Å². The Hall–Kier alpha value is -3.50. The van der Waals surface area contributed by atoms with Crippen LogP contribution in [0.5, 0.6) is 0 Å². The van der Waals surface area contributed by atoms with Crippen molar-refractivity contribution in [3.63, 3.8) is 0 Å². The molecule has 2 aromatic heterocycles. The monoisotopic (exact) mass is 534 g/mol. The lowest BCUT2D eigenvalue weighted by Crippen LogP contribution is -2.39. The van der Waals surface area contributed by atoms with Gasteiger partial charge in [-0.15, -0.1) is 0 Å². The number of carbonyl (C=O) groups is 2. The van der Waals surface area contributed by atoms with Gasteiger partial charge in [0, 0.05) is 19.3 Å². The number of pyridine rings is 1. The zero-order chi connectivity index (χ0) is 25.9. The van der Waals surface area contributed by atoms with Gasteiger partial charge in [-0.3, -0.25) is 23.7 Å². The molecule has 2 saturated heterocycles. The summed E-state index contributed by atoms with van der Waals surface area (Å²) in [5, 5.41) is 0. The fraction of sp³-hybridized carbons (Fsp3) is 0.296. The van der Waals surface area contributed by atoms with E-state index in [2.05, 4.69) is 0 Å². The number of carbonyl (C=O) groups excluding carboxylic acids is 2. The van der Waals surface area contributed by atoms with Crippen LogP contribution in [0.1, 0.15) is 30.9 Å². The van der Waals surface area contributed by atoms with Gasteiger partial charge in [-0.25, -0.2) is 4.98 Å². The number of hydrogen-bond donors (Lipinski definition) is 0. The Labute approximate surface area is 223 Å². The predicted octanol–water partition coefficient (Wildman–Crippen LogP) is 3.88. The fourth-order valence-electron chi connectivity index (χ4n) is 4.58. The molecule has 0 bridgehead atoms. The largest absolute Gasteiger partial charge is 0.466 e. The number of amides is 1. The van der Waals surface area contributed by atoms with E-state index in [1.54, 1.807) is 36.2 Å². The van der Waals surface area contributed by atoms with E-state index in [-0.39, 0.29) is 23.4 Å². The number of nitrogens with zero attached hydrogens (tertiary/aromatic N) is 4. The maximum Gasteiger partial charge on any atom is 0.309 e. The number of piperidine rings is 1. The first-order valence-corrected chi connectivity index (χ1v) is 13.4. The molecule has 0 radical (unpaired) electrons. The maximum absolute atomic E-state index is 13.6. The highest BCUT2D eigenvalue weighted by Crippen LogP contribution is 2.35. The summed E-state index contributed by atoms with van der Waals surface area (Å²) >= 11 is 6.70. The maximum atomic E-state index is 13.6. The minimum Gasteiger partial charge on any atom is -0.466 e. The van der Waals surface area contributed by atoms with Gasteiger partial charge in [-0.05, 0) is 43.5 Å². The lowest BCUT2D eigenvalue weighted by atomic mass is 9.96. The minimum atomic E-state index is -0.263. The normalized spacial score (nSPS) is 17.7. The van der Waals surface area contributed by atoms with Gasteiger partial charge in [0.05, 0.1) is 29.5 Å². The molecule has 3 aromatic rings. The Balaban J connectivity index is 1.49. The first-order valence-electron chi connectivity index (χ1n) is 12.2. The second-order valence-electron chi connectivity index (χ2n) is 8.85. The number of thioether (sulfide) groups is 1. The Morgan fingerprint density at radius 1 is 1.14 bits per heavy atom. The van der Waals surface area contributed by atoms with E-state index in [1.165, 1.54) is 16.2 Å². The molecular weight excluding hydrogens is 508 g/mol.